The Hall–Kier alpha value is -3.44. The largest absolute Gasteiger partial charge is 0.349 e. The molecule has 6 rings (SSSR count). The number of nitrogens with zero attached hydrogens (tertiary/aromatic N) is 7. The third-order valence-electron chi connectivity index (χ3n) is 6.25. The van der Waals surface area contributed by atoms with Gasteiger partial charge in [0, 0.05) is 24.3 Å². The Morgan fingerprint density at radius 1 is 1.17 bits per heavy atom. The topological polar surface area (TPSA) is 103 Å². The number of rotatable bonds is 5. The minimum Gasteiger partial charge on any atom is -0.349 e. The van der Waals surface area contributed by atoms with E-state index in [4.69, 9.17) is 4.98 Å². The van der Waals surface area contributed by atoms with E-state index < -0.39 is 0 Å². The van der Waals surface area contributed by atoms with Crippen LogP contribution in [0.1, 0.15) is 41.4 Å². The maximum atomic E-state index is 12.8. The number of carbonyl (C=O) groups is 1. The fourth-order valence-electron chi connectivity index (χ4n) is 4.70. The summed E-state index contributed by atoms with van der Waals surface area (Å²) in [5.74, 6) is 1.44. The lowest BCUT2D eigenvalue weighted by Crippen LogP contribution is -2.38. The van der Waals surface area contributed by atoms with E-state index in [1.165, 1.54) is 17.7 Å². The van der Waals surface area contributed by atoms with Crippen LogP contribution >= 0.6 is 27.3 Å². The second kappa shape index (κ2) is 9.31. The monoisotopic (exact) mass is 548 g/mol. The zero-order valence-corrected chi connectivity index (χ0v) is 21.0. The molecule has 1 fully saturated rings. The average Bonchev–Trinajstić information content (AvgIpc) is 3.64. The van der Waals surface area contributed by atoms with Gasteiger partial charge >= 0.3 is 0 Å². The summed E-state index contributed by atoms with van der Waals surface area (Å²) in [6.45, 7) is 0. The van der Waals surface area contributed by atoms with Crippen molar-refractivity contribution in [3.8, 4) is 17.3 Å². The van der Waals surface area contributed by atoms with Crippen molar-refractivity contribution in [1.29, 1.82) is 0 Å². The number of thiophene rings is 1. The van der Waals surface area contributed by atoms with Gasteiger partial charge in [0.1, 0.15) is 18.3 Å². The highest BCUT2D eigenvalue weighted by Gasteiger charge is 2.29. The summed E-state index contributed by atoms with van der Waals surface area (Å²) in [4.78, 5) is 31.7. The van der Waals surface area contributed by atoms with E-state index in [0.717, 1.165) is 52.0 Å². The van der Waals surface area contributed by atoms with Crippen LogP contribution in [0.5, 0.6) is 0 Å². The van der Waals surface area contributed by atoms with Gasteiger partial charge in [0.05, 0.1) is 25.9 Å². The van der Waals surface area contributed by atoms with Gasteiger partial charge < -0.3 is 9.88 Å². The summed E-state index contributed by atoms with van der Waals surface area (Å²) < 4.78 is 4.82. The Balaban J connectivity index is 1.36. The van der Waals surface area contributed by atoms with Crippen molar-refractivity contribution < 1.29 is 4.79 Å². The molecule has 1 amide bonds. The lowest BCUT2D eigenvalue weighted by Gasteiger charge is -2.31. The zero-order valence-electron chi connectivity index (χ0n) is 18.6. The summed E-state index contributed by atoms with van der Waals surface area (Å²) in [6, 6.07) is 11.8. The molecule has 0 aliphatic heterocycles. The third kappa shape index (κ3) is 4.37. The Bertz CT molecular complexity index is 1480. The highest BCUT2D eigenvalue weighted by Crippen LogP contribution is 2.36. The molecule has 5 aromatic heterocycles. The van der Waals surface area contributed by atoms with Gasteiger partial charge in [-0.25, -0.2) is 19.6 Å². The average molecular weight is 549 g/mol. The molecule has 1 N–H and O–H groups in total. The van der Waals surface area contributed by atoms with Crippen LogP contribution in [0.2, 0.25) is 0 Å². The van der Waals surface area contributed by atoms with Crippen molar-refractivity contribution in [2.75, 3.05) is 0 Å². The van der Waals surface area contributed by atoms with E-state index in [0.29, 0.717) is 10.7 Å². The fraction of sp³-hybridized carbons (Fsp3) is 0.250. The fourth-order valence-corrected chi connectivity index (χ4v) is 5.99. The second-order valence-corrected chi connectivity index (χ2v) is 10.9. The number of aromatic nitrogens is 7. The Morgan fingerprint density at radius 2 is 2.11 bits per heavy atom. The number of nitrogens with one attached hydrogen (secondary N) is 1. The predicted octanol–water partition coefficient (Wildman–Crippen LogP) is 4.81. The van der Waals surface area contributed by atoms with Gasteiger partial charge in [0.2, 0.25) is 0 Å². The lowest BCUT2D eigenvalue weighted by molar-refractivity contribution is 0.0925. The molecular weight excluding hydrogens is 528 g/mol. The molecule has 5 heterocycles. The Morgan fingerprint density at radius 3 is 2.89 bits per heavy atom. The highest BCUT2D eigenvalue weighted by molar-refractivity contribution is 9.11. The van der Waals surface area contributed by atoms with Crippen LogP contribution in [0.3, 0.4) is 0 Å². The van der Waals surface area contributed by atoms with Crippen molar-refractivity contribution in [2.45, 2.75) is 37.8 Å². The van der Waals surface area contributed by atoms with Crippen LogP contribution in [0.15, 0.2) is 65.2 Å². The number of halogens is 1. The van der Waals surface area contributed by atoms with Crippen molar-refractivity contribution in [3.05, 3.63) is 70.1 Å². The predicted molar refractivity (Wildman–Crippen MR) is 136 cm³/mol. The first kappa shape index (κ1) is 22.1. The lowest BCUT2D eigenvalue weighted by atomic mass is 9.90. The molecule has 0 spiro atoms. The molecule has 11 heteroatoms. The quantitative estimate of drug-likeness (QED) is 0.338. The number of hydrogen-bond acceptors (Lipinski definition) is 7. The molecule has 0 bridgehead atoms. The van der Waals surface area contributed by atoms with E-state index in [1.54, 1.807) is 17.2 Å². The van der Waals surface area contributed by atoms with Crippen LogP contribution in [0.25, 0.3) is 28.4 Å². The normalized spacial score (nSPS) is 18.1. The minimum atomic E-state index is -0.0223. The van der Waals surface area contributed by atoms with Crippen LogP contribution in [0.4, 0.5) is 0 Å². The number of carbonyl (C=O) groups excluding carboxylic acids is 1. The SMILES string of the molecule is O=C(N[C@H]1CCC[C@@H](n2c(-c3ccccn3)nc3cc(-n4cncn4)ncc32)C1)c1ccc(Br)s1. The van der Waals surface area contributed by atoms with Crippen LogP contribution in [0, 0.1) is 0 Å². The summed E-state index contributed by atoms with van der Waals surface area (Å²) >= 11 is 4.89. The van der Waals surface area contributed by atoms with Crippen molar-refractivity contribution in [3.63, 3.8) is 0 Å². The number of amides is 1. The maximum Gasteiger partial charge on any atom is 0.261 e. The molecule has 2 atom stereocenters. The second-order valence-electron chi connectivity index (χ2n) is 8.49. The summed E-state index contributed by atoms with van der Waals surface area (Å²) in [6.07, 6.45) is 10.5. The van der Waals surface area contributed by atoms with Gasteiger partial charge in [0.25, 0.3) is 5.91 Å². The van der Waals surface area contributed by atoms with Crippen LogP contribution in [-0.4, -0.2) is 46.2 Å². The standard InChI is InChI=1S/C24H21BrN8OS/c25-21-8-7-20(35-21)24(34)30-15-4-3-5-16(10-15)33-19-12-28-22(32-14-26-13-29-32)11-18(19)31-23(33)17-6-1-2-9-27-17/h1-2,6-9,11-16H,3-5,10H2,(H,30,34)/t15-,16+/m0/s1. The Kier molecular flexibility index (Phi) is 5.86. The molecule has 0 radical (unpaired) electrons. The molecule has 0 unspecified atom stereocenters. The smallest absolute Gasteiger partial charge is 0.261 e. The first-order valence-corrected chi connectivity index (χ1v) is 13.0. The third-order valence-corrected chi connectivity index (χ3v) is 7.88. The molecular formula is C24H21BrN8OS. The number of hydrogen-bond donors (Lipinski definition) is 1. The van der Waals surface area contributed by atoms with Crippen molar-refractivity contribution in [1.82, 2.24) is 39.6 Å². The molecule has 9 nitrogen and oxygen atoms in total. The summed E-state index contributed by atoms with van der Waals surface area (Å²) in [7, 11) is 0. The van der Waals surface area contributed by atoms with Gasteiger partial charge in [-0.05, 0) is 65.9 Å². The number of fused-ring (bicyclic) bond motifs is 1. The highest BCUT2D eigenvalue weighted by atomic mass is 79.9. The molecule has 0 saturated heterocycles. The van der Waals surface area contributed by atoms with E-state index in [1.807, 2.05) is 42.6 Å². The molecule has 1 aliphatic rings. The maximum absolute atomic E-state index is 12.8. The van der Waals surface area contributed by atoms with E-state index in [9.17, 15) is 4.79 Å². The molecule has 35 heavy (non-hydrogen) atoms. The molecule has 1 aliphatic carbocycles. The summed E-state index contributed by atoms with van der Waals surface area (Å²) in [5, 5.41) is 7.43. The first-order chi connectivity index (χ1) is 17.2. The van der Waals surface area contributed by atoms with Crippen molar-refractivity contribution >= 4 is 44.2 Å². The van der Waals surface area contributed by atoms with E-state index in [2.05, 4.69) is 45.9 Å². The molecule has 176 valence electrons. The molecule has 0 aromatic carbocycles. The van der Waals surface area contributed by atoms with Gasteiger partial charge in [-0.15, -0.1) is 11.3 Å². The molecule has 5 aromatic rings. The number of pyridine rings is 2. The minimum absolute atomic E-state index is 0.0223. The van der Waals surface area contributed by atoms with Gasteiger partial charge in [-0.2, -0.15) is 5.10 Å². The van der Waals surface area contributed by atoms with Crippen molar-refractivity contribution in [2.24, 2.45) is 0 Å². The first-order valence-electron chi connectivity index (χ1n) is 11.4. The zero-order chi connectivity index (χ0) is 23.8. The Labute approximate surface area is 213 Å². The van der Waals surface area contributed by atoms with Crippen LogP contribution < -0.4 is 5.32 Å². The van der Waals surface area contributed by atoms with E-state index >= 15 is 0 Å². The summed E-state index contributed by atoms with van der Waals surface area (Å²) in [5.41, 5.74) is 2.56. The van der Waals surface area contributed by atoms with Gasteiger partial charge in [0.15, 0.2) is 11.6 Å². The molecule has 1 saturated carbocycles. The number of imidazole rings is 1. The van der Waals surface area contributed by atoms with Gasteiger partial charge in [-0.3, -0.25) is 9.78 Å². The van der Waals surface area contributed by atoms with Gasteiger partial charge in [-0.1, -0.05) is 6.07 Å². The van der Waals surface area contributed by atoms with Crippen LogP contribution in [-0.2, 0) is 0 Å². The van der Waals surface area contributed by atoms with E-state index in [-0.39, 0.29) is 18.0 Å².